The number of unbranched alkanes of at least 4 members (excludes halogenated alkanes) is 18. The molecular formula is C25H48O2. The Bertz CT molecular complexity index is 322. The fourth-order valence-electron chi connectivity index (χ4n) is 3.58. The van der Waals surface area contributed by atoms with Crippen LogP contribution in [0.4, 0.5) is 0 Å². The zero-order valence-corrected chi connectivity index (χ0v) is 18.4. The molecule has 0 saturated carbocycles. The van der Waals surface area contributed by atoms with Crippen molar-refractivity contribution in [2.45, 2.75) is 142 Å². The minimum Gasteiger partial charge on any atom is -0.481 e. The van der Waals surface area contributed by atoms with Crippen LogP contribution in [0.3, 0.4) is 0 Å². The van der Waals surface area contributed by atoms with Gasteiger partial charge in [0.25, 0.3) is 0 Å². The van der Waals surface area contributed by atoms with E-state index in [-0.39, 0.29) is 0 Å². The van der Waals surface area contributed by atoms with E-state index in [1.54, 1.807) is 0 Å². The summed E-state index contributed by atoms with van der Waals surface area (Å²) in [5, 5.41) is 8.57. The second kappa shape index (κ2) is 23.2. The van der Waals surface area contributed by atoms with E-state index in [1.807, 2.05) is 0 Å². The summed E-state index contributed by atoms with van der Waals surface area (Å²) in [7, 11) is 0. The maximum atomic E-state index is 10.4. The quantitative estimate of drug-likeness (QED) is 0.150. The van der Waals surface area contributed by atoms with Crippen LogP contribution in [0.25, 0.3) is 0 Å². The van der Waals surface area contributed by atoms with Crippen LogP contribution in [0, 0.1) is 0 Å². The number of carboxylic acids is 1. The molecule has 0 saturated heterocycles. The molecule has 0 unspecified atom stereocenters. The van der Waals surface area contributed by atoms with E-state index >= 15 is 0 Å². The number of hydrogen-bond donors (Lipinski definition) is 1. The molecule has 2 nitrogen and oxygen atoms in total. The van der Waals surface area contributed by atoms with Crippen LogP contribution in [0.15, 0.2) is 12.2 Å². The molecule has 1 N–H and O–H groups in total. The Kier molecular flexibility index (Phi) is 22.6. The molecule has 0 aliphatic rings. The van der Waals surface area contributed by atoms with Gasteiger partial charge in [0.2, 0.25) is 0 Å². The second-order valence-electron chi connectivity index (χ2n) is 8.20. The van der Waals surface area contributed by atoms with Gasteiger partial charge in [-0.3, -0.25) is 4.79 Å². The van der Waals surface area contributed by atoms with Crippen molar-refractivity contribution in [2.24, 2.45) is 0 Å². The molecule has 0 bridgehead atoms. The van der Waals surface area contributed by atoms with Gasteiger partial charge in [-0.2, -0.15) is 0 Å². The van der Waals surface area contributed by atoms with E-state index in [1.165, 1.54) is 116 Å². The first-order valence-corrected chi connectivity index (χ1v) is 12.1. The Morgan fingerprint density at radius 2 is 0.889 bits per heavy atom. The first-order valence-electron chi connectivity index (χ1n) is 12.1. The molecule has 0 spiro atoms. The summed E-state index contributed by atoms with van der Waals surface area (Å²) in [5.74, 6) is -0.655. The van der Waals surface area contributed by atoms with Gasteiger partial charge in [-0.15, -0.1) is 0 Å². The number of carboxylic acid groups (broad SMARTS) is 1. The van der Waals surface area contributed by atoms with Crippen LogP contribution in [0.2, 0.25) is 0 Å². The lowest BCUT2D eigenvalue weighted by Crippen LogP contribution is -1.93. The lowest BCUT2D eigenvalue weighted by Gasteiger charge is -2.01. The molecule has 0 radical (unpaired) electrons. The third-order valence-electron chi connectivity index (χ3n) is 5.40. The molecule has 160 valence electrons. The summed E-state index contributed by atoms with van der Waals surface area (Å²) >= 11 is 0. The van der Waals surface area contributed by atoms with Crippen molar-refractivity contribution in [2.75, 3.05) is 0 Å². The van der Waals surface area contributed by atoms with Gasteiger partial charge in [0, 0.05) is 6.42 Å². The smallest absolute Gasteiger partial charge is 0.303 e. The molecule has 0 aliphatic heterocycles. The molecule has 2 heteroatoms. The highest BCUT2D eigenvalue weighted by atomic mass is 16.4. The first kappa shape index (κ1) is 26.2. The highest BCUT2D eigenvalue weighted by molar-refractivity contribution is 5.66. The van der Waals surface area contributed by atoms with Crippen molar-refractivity contribution < 1.29 is 9.90 Å². The Balaban J connectivity index is 3.07. The molecular weight excluding hydrogens is 332 g/mol. The molecule has 0 aromatic carbocycles. The Morgan fingerprint density at radius 3 is 1.26 bits per heavy atom. The van der Waals surface area contributed by atoms with Gasteiger partial charge in [-0.1, -0.05) is 115 Å². The maximum absolute atomic E-state index is 10.4. The van der Waals surface area contributed by atoms with Gasteiger partial charge >= 0.3 is 5.97 Å². The number of allylic oxidation sites excluding steroid dienone is 2. The van der Waals surface area contributed by atoms with Crippen LogP contribution in [0.1, 0.15) is 142 Å². The first-order chi connectivity index (χ1) is 13.3. The van der Waals surface area contributed by atoms with E-state index in [4.69, 9.17) is 5.11 Å². The van der Waals surface area contributed by atoms with E-state index in [0.29, 0.717) is 6.42 Å². The lowest BCUT2D eigenvalue weighted by atomic mass is 10.1. The Morgan fingerprint density at radius 1 is 0.556 bits per heavy atom. The van der Waals surface area contributed by atoms with Gasteiger partial charge in [0.1, 0.15) is 0 Å². The molecule has 0 aromatic heterocycles. The zero-order chi connectivity index (χ0) is 19.8. The van der Waals surface area contributed by atoms with E-state index in [9.17, 15) is 4.79 Å². The van der Waals surface area contributed by atoms with Crippen molar-refractivity contribution in [1.29, 1.82) is 0 Å². The molecule has 0 atom stereocenters. The Labute approximate surface area is 170 Å². The standard InChI is InChI=1S/C25H48O2/c1-2-3-4-5-6-7-8-9-10-11-12-13-14-15-16-17-18-19-20-21-22-23-24-25(26)27/h12-13H,2-11,14-24H2,1H3,(H,26,27). The van der Waals surface area contributed by atoms with E-state index in [0.717, 1.165) is 12.8 Å². The fraction of sp³-hybridized carbons (Fsp3) is 0.880. The van der Waals surface area contributed by atoms with Crippen LogP contribution in [-0.2, 0) is 4.79 Å². The minimum atomic E-state index is -0.655. The van der Waals surface area contributed by atoms with E-state index < -0.39 is 5.97 Å². The highest BCUT2D eigenvalue weighted by Gasteiger charge is 1.96. The predicted octanol–water partition coefficient (Wildman–Crippen LogP) is 8.84. The number of hydrogen-bond acceptors (Lipinski definition) is 1. The minimum absolute atomic E-state index is 0.340. The van der Waals surface area contributed by atoms with Crippen molar-refractivity contribution in [1.82, 2.24) is 0 Å². The average molecular weight is 381 g/mol. The lowest BCUT2D eigenvalue weighted by molar-refractivity contribution is -0.137. The van der Waals surface area contributed by atoms with E-state index in [2.05, 4.69) is 19.1 Å². The van der Waals surface area contributed by atoms with Crippen molar-refractivity contribution in [3.63, 3.8) is 0 Å². The van der Waals surface area contributed by atoms with Gasteiger partial charge < -0.3 is 5.11 Å². The fourth-order valence-corrected chi connectivity index (χ4v) is 3.58. The van der Waals surface area contributed by atoms with Gasteiger partial charge in [0.15, 0.2) is 0 Å². The summed E-state index contributed by atoms with van der Waals surface area (Å²) in [6.07, 6.45) is 31.6. The van der Waals surface area contributed by atoms with Crippen molar-refractivity contribution >= 4 is 5.97 Å². The molecule has 0 aliphatic carbocycles. The monoisotopic (exact) mass is 380 g/mol. The number of rotatable bonds is 22. The molecule has 0 fully saturated rings. The maximum Gasteiger partial charge on any atom is 0.303 e. The third kappa shape index (κ3) is 25.2. The highest BCUT2D eigenvalue weighted by Crippen LogP contribution is 2.13. The average Bonchev–Trinajstić information content (AvgIpc) is 2.65. The molecule has 0 amide bonds. The SMILES string of the molecule is CCCCCCCCCCCC=CCCCCCCCCCCCC(=O)O. The largest absolute Gasteiger partial charge is 0.481 e. The third-order valence-corrected chi connectivity index (χ3v) is 5.40. The van der Waals surface area contributed by atoms with Gasteiger partial charge in [-0.05, 0) is 32.1 Å². The summed E-state index contributed by atoms with van der Waals surface area (Å²) in [6, 6.07) is 0. The van der Waals surface area contributed by atoms with Gasteiger partial charge in [-0.25, -0.2) is 0 Å². The molecule has 0 heterocycles. The number of carbonyl (C=O) groups is 1. The summed E-state index contributed by atoms with van der Waals surface area (Å²) in [6.45, 7) is 2.28. The summed E-state index contributed by atoms with van der Waals surface area (Å²) < 4.78 is 0. The van der Waals surface area contributed by atoms with Crippen LogP contribution in [-0.4, -0.2) is 11.1 Å². The van der Waals surface area contributed by atoms with Crippen LogP contribution < -0.4 is 0 Å². The normalized spacial score (nSPS) is 11.4. The topological polar surface area (TPSA) is 37.3 Å². The van der Waals surface area contributed by atoms with Crippen molar-refractivity contribution in [3.8, 4) is 0 Å². The van der Waals surface area contributed by atoms with Crippen LogP contribution in [0.5, 0.6) is 0 Å². The molecule has 0 rings (SSSR count). The molecule has 27 heavy (non-hydrogen) atoms. The summed E-state index contributed by atoms with van der Waals surface area (Å²) in [5.41, 5.74) is 0. The molecule has 0 aromatic rings. The predicted molar refractivity (Wildman–Crippen MR) is 119 cm³/mol. The van der Waals surface area contributed by atoms with Gasteiger partial charge in [0.05, 0.1) is 0 Å². The second-order valence-corrected chi connectivity index (χ2v) is 8.20. The Hall–Kier alpha value is -0.790. The summed E-state index contributed by atoms with van der Waals surface area (Å²) in [4.78, 5) is 10.4. The van der Waals surface area contributed by atoms with Crippen molar-refractivity contribution in [3.05, 3.63) is 12.2 Å². The zero-order valence-electron chi connectivity index (χ0n) is 18.4. The number of aliphatic carboxylic acids is 1. The van der Waals surface area contributed by atoms with Crippen LogP contribution >= 0.6 is 0 Å².